The number of carbonyl (C=O) groups excluding carboxylic acids is 1. The van der Waals surface area contributed by atoms with Gasteiger partial charge >= 0.3 is 0 Å². The van der Waals surface area contributed by atoms with Gasteiger partial charge in [0, 0.05) is 23.9 Å². The van der Waals surface area contributed by atoms with Crippen LogP contribution < -0.4 is 20.1 Å². The fraction of sp³-hybridized carbons (Fsp3) is 0.300. The summed E-state index contributed by atoms with van der Waals surface area (Å²) >= 11 is 1.33. The number of anilines is 2. The number of nitrogens with one attached hydrogen (secondary N) is 2. The molecule has 0 radical (unpaired) electrons. The lowest BCUT2D eigenvalue weighted by atomic mass is 9.95. The standard InChI is InChI=1S/C30H31N7O3S/c1-19-34-35-30(41-19)33-29(38)21-10-14-24(15-11-21)40-25-16-17-31-28-26(25)27(32-22-6-4-3-5-7-22)36-37(28)18-20-8-12-23(39-2)13-9-20/h8-17,22H,3-7,18H2,1-2H3,(H,32,36)(H,33,35,38). The van der Waals surface area contributed by atoms with Gasteiger partial charge in [-0.05, 0) is 61.7 Å². The summed E-state index contributed by atoms with van der Waals surface area (Å²) in [7, 11) is 1.66. The van der Waals surface area contributed by atoms with Gasteiger partial charge in [-0.25, -0.2) is 9.67 Å². The van der Waals surface area contributed by atoms with Crippen molar-refractivity contribution >= 4 is 39.2 Å². The molecule has 1 amide bonds. The van der Waals surface area contributed by atoms with Crippen LogP contribution in [0, 0.1) is 6.92 Å². The van der Waals surface area contributed by atoms with Crippen LogP contribution in [0.25, 0.3) is 11.0 Å². The van der Waals surface area contributed by atoms with E-state index in [1.165, 1.54) is 30.6 Å². The molecule has 0 aliphatic heterocycles. The number of amides is 1. The maximum Gasteiger partial charge on any atom is 0.257 e. The van der Waals surface area contributed by atoms with Crippen LogP contribution in [-0.2, 0) is 6.54 Å². The minimum atomic E-state index is -0.252. The van der Waals surface area contributed by atoms with Gasteiger partial charge in [0.2, 0.25) is 5.13 Å². The monoisotopic (exact) mass is 569 g/mol. The normalized spacial score (nSPS) is 13.7. The van der Waals surface area contributed by atoms with Gasteiger partial charge in [-0.15, -0.1) is 10.2 Å². The van der Waals surface area contributed by atoms with E-state index in [0.717, 1.165) is 46.0 Å². The molecule has 0 spiro atoms. The number of methoxy groups -OCH3 is 1. The molecule has 1 aliphatic carbocycles. The van der Waals surface area contributed by atoms with Crippen molar-refractivity contribution in [3.63, 3.8) is 0 Å². The number of aromatic nitrogens is 5. The van der Waals surface area contributed by atoms with Gasteiger partial charge in [0.05, 0.1) is 13.7 Å². The molecule has 3 heterocycles. The number of aryl methyl sites for hydroxylation is 1. The molecule has 5 aromatic rings. The first-order valence-corrected chi connectivity index (χ1v) is 14.5. The zero-order chi connectivity index (χ0) is 28.2. The number of pyridine rings is 1. The van der Waals surface area contributed by atoms with E-state index in [2.05, 4.69) is 20.8 Å². The highest BCUT2D eigenvalue weighted by Crippen LogP contribution is 2.36. The van der Waals surface area contributed by atoms with E-state index in [4.69, 9.17) is 19.6 Å². The molecule has 0 bridgehead atoms. The summed E-state index contributed by atoms with van der Waals surface area (Å²) in [5, 5.41) is 21.4. The Bertz CT molecular complexity index is 1640. The van der Waals surface area contributed by atoms with Crippen molar-refractivity contribution in [3.8, 4) is 17.2 Å². The quantitative estimate of drug-likeness (QED) is 0.208. The summed E-state index contributed by atoms with van der Waals surface area (Å²) in [6.45, 7) is 2.40. The third kappa shape index (κ3) is 6.14. The van der Waals surface area contributed by atoms with Crippen LogP contribution in [0.1, 0.15) is 53.0 Å². The summed E-state index contributed by atoms with van der Waals surface area (Å²) in [4.78, 5) is 17.3. The minimum Gasteiger partial charge on any atom is -0.497 e. The maximum atomic E-state index is 12.6. The molecule has 11 heteroatoms. The molecule has 1 aliphatic rings. The molecule has 0 unspecified atom stereocenters. The van der Waals surface area contributed by atoms with Gasteiger partial charge in [-0.3, -0.25) is 10.1 Å². The summed E-state index contributed by atoms with van der Waals surface area (Å²) in [6, 6.07) is 17.2. The van der Waals surface area contributed by atoms with E-state index >= 15 is 0 Å². The van der Waals surface area contributed by atoms with Gasteiger partial charge in [-0.2, -0.15) is 5.10 Å². The zero-order valence-electron chi connectivity index (χ0n) is 23.0. The molecular formula is C30H31N7O3S. The zero-order valence-corrected chi connectivity index (χ0v) is 23.8. The number of rotatable bonds is 9. The van der Waals surface area contributed by atoms with Crippen molar-refractivity contribution in [1.82, 2.24) is 25.0 Å². The molecule has 41 heavy (non-hydrogen) atoms. The first-order chi connectivity index (χ1) is 20.1. The van der Waals surface area contributed by atoms with Crippen LogP contribution in [0.2, 0.25) is 0 Å². The van der Waals surface area contributed by atoms with Gasteiger partial charge in [0.1, 0.15) is 27.6 Å². The predicted molar refractivity (Wildman–Crippen MR) is 159 cm³/mol. The molecular weight excluding hydrogens is 538 g/mol. The molecule has 1 saturated carbocycles. The first kappa shape index (κ1) is 26.7. The Hall–Kier alpha value is -4.51. The van der Waals surface area contributed by atoms with Crippen LogP contribution in [0.3, 0.4) is 0 Å². The second kappa shape index (κ2) is 11.9. The fourth-order valence-corrected chi connectivity index (χ4v) is 5.62. The Morgan fingerprint density at radius 3 is 2.46 bits per heavy atom. The molecule has 210 valence electrons. The van der Waals surface area contributed by atoms with E-state index in [1.807, 2.05) is 41.9 Å². The molecule has 0 saturated heterocycles. The van der Waals surface area contributed by atoms with Crippen LogP contribution in [0.5, 0.6) is 17.2 Å². The lowest BCUT2D eigenvalue weighted by molar-refractivity contribution is 0.102. The number of benzene rings is 2. The molecule has 10 nitrogen and oxygen atoms in total. The van der Waals surface area contributed by atoms with Gasteiger partial charge in [-0.1, -0.05) is 42.7 Å². The number of hydrogen-bond donors (Lipinski definition) is 2. The predicted octanol–water partition coefficient (Wildman–Crippen LogP) is 6.44. The molecule has 2 aromatic carbocycles. The lowest BCUT2D eigenvalue weighted by Crippen LogP contribution is -2.22. The molecule has 1 fully saturated rings. The Labute approximate surface area is 241 Å². The van der Waals surface area contributed by atoms with E-state index in [9.17, 15) is 4.79 Å². The van der Waals surface area contributed by atoms with Crippen LogP contribution in [0.4, 0.5) is 10.9 Å². The fourth-order valence-electron chi connectivity index (χ4n) is 5.03. The SMILES string of the molecule is COc1ccc(Cn2nc(NC3CCCCC3)c3c(Oc4ccc(C(=O)Nc5nnc(C)s5)cc4)ccnc32)cc1. The smallest absolute Gasteiger partial charge is 0.257 e. The third-order valence-electron chi connectivity index (χ3n) is 7.12. The van der Waals surface area contributed by atoms with Crippen molar-refractivity contribution in [2.45, 2.75) is 51.6 Å². The van der Waals surface area contributed by atoms with Crippen LogP contribution in [-0.4, -0.2) is 44.0 Å². The average Bonchev–Trinajstić information content (AvgIpc) is 3.57. The highest BCUT2D eigenvalue weighted by Gasteiger charge is 2.21. The number of hydrogen-bond acceptors (Lipinski definition) is 9. The highest BCUT2D eigenvalue weighted by atomic mass is 32.1. The van der Waals surface area contributed by atoms with E-state index in [0.29, 0.717) is 34.8 Å². The van der Waals surface area contributed by atoms with Crippen molar-refractivity contribution in [2.75, 3.05) is 17.7 Å². The lowest BCUT2D eigenvalue weighted by Gasteiger charge is -2.22. The third-order valence-corrected chi connectivity index (χ3v) is 7.88. The molecule has 0 atom stereocenters. The summed E-state index contributed by atoms with van der Waals surface area (Å²) in [6.07, 6.45) is 7.66. The molecule has 6 rings (SSSR count). The number of fused-ring (bicyclic) bond motifs is 1. The Kier molecular flexibility index (Phi) is 7.77. The van der Waals surface area contributed by atoms with Crippen molar-refractivity contribution in [1.29, 1.82) is 0 Å². The summed E-state index contributed by atoms with van der Waals surface area (Å²) in [5.41, 5.74) is 2.32. The Morgan fingerprint density at radius 2 is 1.76 bits per heavy atom. The summed E-state index contributed by atoms with van der Waals surface area (Å²) in [5.74, 6) is 2.58. The van der Waals surface area contributed by atoms with Crippen LogP contribution in [0.15, 0.2) is 60.8 Å². The molecule has 2 N–H and O–H groups in total. The van der Waals surface area contributed by atoms with Crippen LogP contribution >= 0.6 is 11.3 Å². The average molecular weight is 570 g/mol. The minimum absolute atomic E-state index is 0.252. The molecule has 3 aromatic heterocycles. The number of ether oxygens (including phenoxy) is 2. The van der Waals surface area contributed by atoms with Crippen molar-refractivity contribution in [2.24, 2.45) is 0 Å². The van der Waals surface area contributed by atoms with Gasteiger partial charge in [0.15, 0.2) is 11.5 Å². The Morgan fingerprint density at radius 1 is 1.00 bits per heavy atom. The van der Waals surface area contributed by atoms with E-state index in [1.54, 1.807) is 37.6 Å². The number of nitrogens with zero attached hydrogens (tertiary/aromatic N) is 5. The van der Waals surface area contributed by atoms with E-state index in [-0.39, 0.29) is 5.91 Å². The van der Waals surface area contributed by atoms with Crippen molar-refractivity contribution < 1.29 is 14.3 Å². The van der Waals surface area contributed by atoms with Crippen molar-refractivity contribution in [3.05, 3.63) is 76.9 Å². The second-order valence-electron chi connectivity index (χ2n) is 10.0. The van der Waals surface area contributed by atoms with Gasteiger partial charge in [0.25, 0.3) is 5.91 Å². The van der Waals surface area contributed by atoms with E-state index < -0.39 is 0 Å². The highest BCUT2D eigenvalue weighted by molar-refractivity contribution is 7.15. The maximum absolute atomic E-state index is 12.6. The first-order valence-electron chi connectivity index (χ1n) is 13.7. The Balaban J connectivity index is 1.28. The largest absolute Gasteiger partial charge is 0.497 e. The summed E-state index contributed by atoms with van der Waals surface area (Å²) < 4.78 is 13.6. The number of carbonyl (C=O) groups is 1. The van der Waals surface area contributed by atoms with Gasteiger partial charge < -0.3 is 14.8 Å². The second-order valence-corrected chi connectivity index (χ2v) is 11.2. The topological polar surface area (TPSA) is 116 Å².